The van der Waals surface area contributed by atoms with Crippen molar-refractivity contribution in [2.45, 2.75) is 19.8 Å². The Morgan fingerprint density at radius 2 is 1.88 bits per heavy atom. The number of hydrogen-bond acceptors (Lipinski definition) is 5. The molecule has 0 saturated carbocycles. The Bertz CT molecular complexity index is 886. The fourth-order valence-electron chi connectivity index (χ4n) is 2.87. The van der Waals surface area contributed by atoms with E-state index < -0.39 is 0 Å². The standard InChI is InChI=1S/C19H22N6O/c1-13(26)24-15-7-5-14(6-8-15)17-12-25(19-22-10-3-11-23-19)18(21)16(17)4-2-9-20/h3,5-8,10-12H,2,4,9,20-21H2,1H3,(H,24,26). The highest BCUT2D eigenvalue weighted by Crippen LogP contribution is 2.33. The van der Waals surface area contributed by atoms with E-state index in [1.807, 2.05) is 30.5 Å². The van der Waals surface area contributed by atoms with Gasteiger partial charge in [-0.15, -0.1) is 0 Å². The zero-order valence-corrected chi connectivity index (χ0v) is 14.6. The number of carbonyl (C=O) groups is 1. The molecule has 0 fully saturated rings. The molecule has 0 radical (unpaired) electrons. The van der Waals surface area contributed by atoms with Crippen LogP contribution in [-0.4, -0.2) is 27.0 Å². The Morgan fingerprint density at radius 3 is 2.50 bits per heavy atom. The average molecular weight is 350 g/mol. The molecule has 7 heteroatoms. The average Bonchev–Trinajstić information content (AvgIpc) is 2.97. The molecule has 0 bridgehead atoms. The van der Waals surface area contributed by atoms with Crippen LogP contribution in [0.25, 0.3) is 17.1 Å². The highest BCUT2D eigenvalue weighted by Gasteiger charge is 2.17. The molecule has 2 aromatic heterocycles. The quantitative estimate of drug-likeness (QED) is 0.632. The van der Waals surface area contributed by atoms with Crippen molar-refractivity contribution in [3.63, 3.8) is 0 Å². The number of hydrogen-bond donors (Lipinski definition) is 3. The minimum atomic E-state index is -0.0991. The first-order valence-electron chi connectivity index (χ1n) is 8.45. The molecule has 134 valence electrons. The van der Waals surface area contributed by atoms with E-state index in [1.54, 1.807) is 23.0 Å². The molecule has 0 aliphatic carbocycles. The van der Waals surface area contributed by atoms with E-state index in [0.29, 0.717) is 18.3 Å². The molecule has 1 amide bonds. The van der Waals surface area contributed by atoms with Crippen LogP contribution < -0.4 is 16.8 Å². The second kappa shape index (κ2) is 7.79. The van der Waals surface area contributed by atoms with Crippen molar-refractivity contribution in [1.82, 2.24) is 14.5 Å². The van der Waals surface area contributed by atoms with Crippen molar-refractivity contribution in [1.29, 1.82) is 0 Å². The third-order valence-electron chi connectivity index (χ3n) is 4.07. The smallest absolute Gasteiger partial charge is 0.235 e. The molecular formula is C19H22N6O. The van der Waals surface area contributed by atoms with E-state index in [4.69, 9.17) is 11.5 Å². The lowest BCUT2D eigenvalue weighted by molar-refractivity contribution is -0.114. The number of nitrogen functional groups attached to an aromatic ring is 1. The van der Waals surface area contributed by atoms with Crippen molar-refractivity contribution in [3.05, 3.63) is 54.5 Å². The Kier molecular flexibility index (Phi) is 5.28. The zero-order chi connectivity index (χ0) is 18.5. The SMILES string of the molecule is CC(=O)Nc1ccc(-c2cn(-c3ncccn3)c(N)c2CCCN)cc1. The molecule has 0 saturated heterocycles. The van der Waals surface area contributed by atoms with Gasteiger partial charge in [0, 0.05) is 42.3 Å². The summed E-state index contributed by atoms with van der Waals surface area (Å²) in [4.78, 5) is 19.8. The molecular weight excluding hydrogens is 328 g/mol. The number of nitrogens with one attached hydrogen (secondary N) is 1. The minimum Gasteiger partial charge on any atom is -0.384 e. The number of carbonyl (C=O) groups excluding carboxylic acids is 1. The van der Waals surface area contributed by atoms with Gasteiger partial charge in [0.2, 0.25) is 11.9 Å². The summed E-state index contributed by atoms with van der Waals surface area (Å²) in [6.07, 6.45) is 6.92. The summed E-state index contributed by atoms with van der Waals surface area (Å²) in [6.45, 7) is 2.08. The zero-order valence-electron chi connectivity index (χ0n) is 14.6. The molecule has 3 rings (SSSR count). The van der Waals surface area contributed by atoms with Crippen LogP contribution in [0, 0.1) is 0 Å². The summed E-state index contributed by atoms with van der Waals surface area (Å²) in [6, 6.07) is 9.43. The van der Waals surface area contributed by atoms with Gasteiger partial charge in [0.25, 0.3) is 0 Å². The molecule has 0 atom stereocenters. The maximum atomic E-state index is 11.2. The molecule has 1 aromatic carbocycles. The fraction of sp³-hybridized carbons (Fsp3) is 0.211. The maximum absolute atomic E-state index is 11.2. The Balaban J connectivity index is 2.03. The van der Waals surface area contributed by atoms with Crippen LogP contribution in [0.4, 0.5) is 11.5 Å². The number of benzene rings is 1. The van der Waals surface area contributed by atoms with Gasteiger partial charge in [-0.3, -0.25) is 9.36 Å². The molecule has 2 heterocycles. The van der Waals surface area contributed by atoms with Gasteiger partial charge in [0.15, 0.2) is 0 Å². The lowest BCUT2D eigenvalue weighted by Crippen LogP contribution is -2.06. The van der Waals surface area contributed by atoms with Gasteiger partial charge in [-0.05, 0) is 43.1 Å². The van der Waals surface area contributed by atoms with E-state index in [2.05, 4.69) is 15.3 Å². The molecule has 0 aliphatic rings. The minimum absolute atomic E-state index is 0.0991. The van der Waals surface area contributed by atoms with E-state index in [-0.39, 0.29) is 5.91 Å². The number of nitrogens with two attached hydrogens (primary N) is 2. The van der Waals surface area contributed by atoms with Crippen molar-refractivity contribution in [2.24, 2.45) is 5.73 Å². The first kappa shape index (κ1) is 17.6. The Morgan fingerprint density at radius 1 is 1.19 bits per heavy atom. The fourth-order valence-corrected chi connectivity index (χ4v) is 2.87. The van der Waals surface area contributed by atoms with Gasteiger partial charge in [0.05, 0.1) is 0 Å². The van der Waals surface area contributed by atoms with Crippen molar-refractivity contribution in [3.8, 4) is 17.1 Å². The molecule has 26 heavy (non-hydrogen) atoms. The lowest BCUT2D eigenvalue weighted by Gasteiger charge is -2.07. The second-order valence-corrected chi connectivity index (χ2v) is 5.98. The van der Waals surface area contributed by atoms with E-state index in [0.717, 1.165) is 35.2 Å². The largest absolute Gasteiger partial charge is 0.384 e. The highest BCUT2D eigenvalue weighted by molar-refractivity contribution is 5.89. The summed E-state index contributed by atoms with van der Waals surface area (Å²) < 4.78 is 1.79. The van der Waals surface area contributed by atoms with Gasteiger partial charge >= 0.3 is 0 Å². The van der Waals surface area contributed by atoms with E-state index in [1.165, 1.54) is 6.92 Å². The van der Waals surface area contributed by atoms with Crippen LogP contribution in [0.1, 0.15) is 18.9 Å². The van der Waals surface area contributed by atoms with Crippen LogP contribution in [0.2, 0.25) is 0 Å². The molecule has 0 unspecified atom stereocenters. The second-order valence-electron chi connectivity index (χ2n) is 5.98. The topological polar surface area (TPSA) is 112 Å². The number of anilines is 2. The summed E-state index contributed by atoms with van der Waals surface area (Å²) in [7, 11) is 0. The first-order valence-corrected chi connectivity index (χ1v) is 8.45. The van der Waals surface area contributed by atoms with Crippen LogP contribution in [-0.2, 0) is 11.2 Å². The number of amides is 1. The van der Waals surface area contributed by atoms with Gasteiger partial charge in [-0.2, -0.15) is 0 Å². The Labute approximate surface area is 152 Å². The van der Waals surface area contributed by atoms with Gasteiger partial charge in [-0.25, -0.2) is 9.97 Å². The van der Waals surface area contributed by atoms with Crippen LogP contribution in [0.15, 0.2) is 48.9 Å². The highest BCUT2D eigenvalue weighted by atomic mass is 16.1. The van der Waals surface area contributed by atoms with Gasteiger partial charge in [0.1, 0.15) is 5.82 Å². The third-order valence-corrected chi connectivity index (χ3v) is 4.07. The molecule has 7 nitrogen and oxygen atoms in total. The first-order chi connectivity index (χ1) is 12.6. The summed E-state index contributed by atoms with van der Waals surface area (Å²) in [5, 5.41) is 2.77. The predicted octanol–water partition coefficient (Wildman–Crippen LogP) is 2.37. The Hall–Kier alpha value is -3.19. The van der Waals surface area contributed by atoms with Crippen molar-refractivity contribution in [2.75, 3.05) is 17.6 Å². The van der Waals surface area contributed by atoms with Crippen LogP contribution in [0.3, 0.4) is 0 Å². The van der Waals surface area contributed by atoms with Crippen LogP contribution in [0.5, 0.6) is 0 Å². The number of nitrogens with zero attached hydrogens (tertiary/aromatic N) is 3. The lowest BCUT2D eigenvalue weighted by atomic mass is 10.0. The maximum Gasteiger partial charge on any atom is 0.235 e. The predicted molar refractivity (Wildman–Crippen MR) is 103 cm³/mol. The van der Waals surface area contributed by atoms with Gasteiger partial charge in [-0.1, -0.05) is 12.1 Å². The molecule has 0 spiro atoms. The van der Waals surface area contributed by atoms with Crippen LogP contribution >= 0.6 is 0 Å². The summed E-state index contributed by atoms with van der Waals surface area (Å²) >= 11 is 0. The van der Waals surface area contributed by atoms with Crippen molar-refractivity contribution >= 4 is 17.4 Å². The molecule has 0 aliphatic heterocycles. The third kappa shape index (κ3) is 3.73. The van der Waals surface area contributed by atoms with Gasteiger partial charge < -0.3 is 16.8 Å². The summed E-state index contributed by atoms with van der Waals surface area (Å²) in [5.74, 6) is 1.05. The van der Waals surface area contributed by atoms with Crippen molar-refractivity contribution < 1.29 is 4.79 Å². The summed E-state index contributed by atoms with van der Waals surface area (Å²) in [5.41, 5.74) is 15.9. The number of aromatic nitrogens is 3. The molecule has 5 N–H and O–H groups in total. The molecule has 3 aromatic rings. The normalized spacial score (nSPS) is 10.7. The van der Waals surface area contributed by atoms with E-state index in [9.17, 15) is 4.79 Å². The number of rotatable bonds is 6. The monoisotopic (exact) mass is 350 g/mol. The van der Waals surface area contributed by atoms with E-state index >= 15 is 0 Å².